The Labute approximate surface area is 156 Å². The molecule has 3 fully saturated rings. The second kappa shape index (κ2) is 7.37. The number of hydrogen-bond acceptors (Lipinski definition) is 4. The van der Waals surface area contributed by atoms with E-state index in [2.05, 4.69) is 10.2 Å². The minimum atomic E-state index is 0.283. The number of carbonyl (C=O) groups is 1. The van der Waals surface area contributed by atoms with Crippen molar-refractivity contribution in [2.45, 2.75) is 44.6 Å². The molecule has 26 heavy (non-hydrogen) atoms. The third-order valence-corrected chi connectivity index (χ3v) is 6.40. The number of anilines is 1. The first-order valence-corrected chi connectivity index (χ1v) is 9.98. The highest BCUT2D eigenvalue weighted by atomic mass is 16.5. The molecule has 2 aliphatic carbocycles. The molecule has 5 heteroatoms. The zero-order valence-corrected chi connectivity index (χ0v) is 15.9. The summed E-state index contributed by atoms with van der Waals surface area (Å²) in [6, 6.07) is 6.12. The molecule has 1 aromatic carbocycles. The number of piperidine rings is 1. The number of methoxy groups -OCH3 is 2. The third kappa shape index (κ3) is 3.49. The van der Waals surface area contributed by atoms with Crippen molar-refractivity contribution in [3.05, 3.63) is 18.2 Å². The van der Waals surface area contributed by atoms with Crippen LogP contribution >= 0.6 is 0 Å². The summed E-state index contributed by atoms with van der Waals surface area (Å²) in [5.41, 5.74) is 0.987. The van der Waals surface area contributed by atoms with Gasteiger partial charge in [-0.25, -0.2) is 0 Å². The van der Waals surface area contributed by atoms with Gasteiger partial charge >= 0.3 is 0 Å². The van der Waals surface area contributed by atoms with Gasteiger partial charge in [-0.15, -0.1) is 0 Å². The van der Waals surface area contributed by atoms with Crippen LogP contribution in [0, 0.1) is 17.8 Å². The number of nitrogens with zero attached hydrogens (tertiary/aromatic N) is 1. The molecular weight excluding hydrogens is 328 g/mol. The van der Waals surface area contributed by atoms with E-state index in [1.165, 1.54) is 25.7 Å². The molecule has 1 saturated heterocycles. The molecule has 1 amide bonds. The summed E-state index contributed by atoms with van der Waals surface area (Å²) < 4.78 is 10.7. The van der Waals surface area contributed by atoms with Crippen LogP contribution < -0.4 is 14.8 Å². The van der Waals surface area contributed by atoms with Crippen molar-refractivity contribution in [2.24, 2.45) is 17.8 Å². The quantitative estimate of drug-likeness (QED) is 0.875. The standard InChI is InChI=1S/C21H30N2O3/c1-25-16-10-15(11-17(12-16)26-2)22-14-6-5-9-23(13-14)21(24)20-18-7-3-4-8-19(18)20/h10-12,14,18-20,22H,3-9,13H2,1-2H3. The lowest BCUT2D eigenvalue weighted by atomic mass is 10.0. The first-order chi connectivity index (χ1) is 12.7. The summed E-state index contributed by atoms with van der Waals surface area (Å²) in [6.45, 7) is 1.71. The molecule has 2 saturated carbocycles. The Hall–Kier alpha value is -1.91. The number of amides is 1. The van der Waals surface area contributed by atoms with Gasteiger partial charge in [0.25, 0.3) is 0 Å². The van der Waals surface area contributed by atoms with Crippen LogP contribution in [0.3, 0.4) is 0 Å². The lowest BCUT2D eigenvalue weighted by molar-refractivity contribution is -0.134. The molecule has 4 rings (SSSR count). The van der Waals surface area contributed by atoms with E-state index in [9.17, 15) is 4.79 Å². The van der Waals surface area contributed by atoms with Gasteiger partial charge in [-0.05, 0) is 37.5 Å². The van der Waals surface area contributed by atoms with Crippen LogP contribution in [0.2, 0.25) is 0 Å². The fraction of sp³-hybridized carbons (Fsp3) is 0.667. The summed E-state index contributed by atoms with van der Waals surface area (Å²) in [5.74, 6) is 3.67. The highest BCUT2D eigenvalue weighted by molar-refractivity contribution is 5.82. The number of rotatable bonds is 5. The second-order valence-corrected chi connectivity index (χ2v) is 8.01. The molecule has 3 aliphatic rings. The lowest BCUT2D eigenvalue weighted by Crippen LogP contribution is -2.46. The molecule has 1 aliphatic heterocycles. The molecule has 5 nitrogen and oxygen atoms in total. The minimum absolute atomic E-state index is 0.283. The van der Waals surface area contributed by atoms with Gasteiger partial charge in [-0.2, -0.15) is 0 Å². The molecule has 3 atom stereocenters. The summed E-state index contributed by atoms with van der Waals surface area (Å²) >= 11 is 0. The minimum Gasteiger partial charge on any atom is -0.497 e. The van der Waals surface area contributed by atoms with Crippen molar-refractivity contribution < 1.29 is 14.3 Å². The fourth-order valence-corrected chi connectivity index (χ4v) is 4.99. The zero-order chi connectivity index (χ0) is 18.1. The third-order valence-electron chi connectivity index (χ3n) is 6.40. The van der Waals surface area contributed by atoms with Gasteiger partial charge in [-0.1, -0.05) is 12.8 Å². The van der Waals surface area contributed by atoms with Crippen LogP contribution in [-0.4, -0.2) is 44.2 Å². The molecule has 0 aromatic heterocycles. The Kier molecular flexibility index (Phi) is 4.96. The van der Waals surface area contributed by atoms with Gasteiger partial charge in [0.15, 0.2) is 0 Å². The smallest absolute Gasteiger partial charge is 0.226 e. The number of fused-ring (bicyclic) bond motifs is 1. The topological polar surface area (TPSA) is 50.8 Å². The Morgan fingerprint density at radius 2 is 1.65 bits per heavy atom. The number of hydrogen-bond donors (Lipinski definition) is 1. The van der Waals surface area contributed by atoms with E-state index in [0.29, 0.717) is 23.7 Å². The molecule has 3 unspecified atom stereocenters. The van der Waals surface area contributed by atoms with Crippen LogP contribution in [-0.2, 0) is 4.79 Å². The molecule has 1 aromatic rings. The van der Waals surface area contributed by atoms with Crippen LogP contribution in [0.15, 0.2) is 18.2 Å². The maximum Gasteiger partial charge on any atom is 0.226 e. The number of nitrogens with one attached hydrogen (secondary N) is 1. The molecule has 142 valence electrons. The summed E-state index contributed by atoms with van der Waals surface area (Å²) in [5, 5.41) is 3.58. The van der Waals surface area contributed by atoms with Crippen molar-refractivity contribution in [1.29, 1.82) is 0 Å². The maximum absolute atomic E-state index is 13.0. The average molecular weight is 358 g/mol. The first kappa shape index (κ1) is 17.5. The molecule has 0 radical (unpaired) electrons. The van der Waals surface area contributed by atoms with Crippen LogP contribution in [0.1, 0.15) is 38.5 Å². The summed E-state index contributed by atoms with van der Waals surface area (Å²) in [6.07, 6.45) is 7.30. The van der Waals surface area contributed by atoms with Gasteiger partial charge in [-0.3, -0.25) is 4.79 Å². The Bertz CT molecular complexity index is 628. The van der Waals surface area contributed by atoms with Gasteiger partial charge in [0.1, 0.15) is 11.5 Å². The van der Waals surface area contributed by atoms with Crippen molar-refractivity contribution in [2.75, 3.05) is 32.6 Å². The summed E-state index contributed by atoms with van der Waals surface area (Å²) in [7, 11) is 3.32. The van der Waals surface area contributed by atoms with Crippen LogP contribution in [0.5, 0.6) is 11.5 Å². The van der Waals surface area contributed by atoms with Crippen molar-refractivity contribution >= 4 is 11.6 Å². The highest BCUT2D eigenvalue weighted by Crippen LogP contribution is 2.56. The van der Waals surface area contributed by atoms with Gasteiger partial charge in [0, 0.05) is 48.9 Å². The van der Waals surface area contributed by atoms with Gasteiger partial charge in [0.05, 0.1) is 14.2 Å². The highest BCUT2D eigenvalue weighted by Gasteiger charge is 2.55. The maximum atomic E-state index is 13.0. The molecule has 1 heterocycles. The number of ether oxygens (including phenoxy) is 2. The van der Waals surface area contributed by atoms with E-state index in [1.54, 1.807) is 14.2 Å². The van der Waals surface area contributed by atoms with Crippen LogP contribution in [0.4, 0.5) is 5.69 Å². The average Bonchev–Trinajstić information content (AvgIpc) is 3.41. The van der Waals surface area contributed by atoms with E-state index >= 15 is 0 Å². The number of carbonyl (C=O) groups excluding carboxylic acids is 1. The lowest BCUT2D eigenvalue weighted by Gasteiger charge is -2.34. The van der Waals surface area contributed by atoms with Crippen molar-refractivity contribution in [3.63, 3.8) is 0 Å². The number of likely N-dealkylation sites (tertiary alicyclic amines) is 1. The SMILES string of the molecule is COc1cc(NC2CCCN(C(=O)C3C4CCCCC43)C2)cc(OC)c1. The number of benzene rings is 1. The molecule has 1 N–H and O–H groups in total. The predicted octanol–water partition coefficient (Wildman–Crippen LogP) is 3.54. The normalized spacial score (nSPS) is 30.3. The second-order valence-electron chi connectivity index (χ2n) is 8.01. The van der Waals surface area contributed by atoms with E-state index in [4.69, 9.17) is 9.47 Å². The first-order valence-electron chi connectivity index (χ1n) is 9.98. The largest absolute Gasteiger partial charge is 0.497 e. The van der Waals surface area contributed by atoms with Crippen molar-refractivity contribution in [1.82, 2.24) is 4.90 Å². The molecule has 0 spiro atoms. The summed E-state index contributed by atoms with van der Waals surface area (Å²) in [4.78, 5) is 15.1. The van der Waals surface area contributed by atoms with E-state index < -0.39 is 0 Å². The fourth-order valence-electron chi connectivity index (χ4n) is 4.99. The van der Waals surface area contributed by atoms with Crippen LogP contribution in [0.25, 0.3) is 0 Å². The van der Waals surface area contributed by atoms with Crippen molar-refractivity contribution in [3.8, 4) is 11.5 Å². The van der Waals surface area contributed by atoms with E-state index in [0.717, 1.165) is 43.1 Å². The van der Waals surface area contributed by atoms with Gasteiger partial charge < -0.3 is 19.7 Å². The molecular formula is C21H30N2O3. The monoisotopic (exact) mass is 358 g/mol. The zero-order valence-electron chi connectivity index (χ0n) is 15.9. The van der Waals surface area contributed by atoms with E-state index in [-0.39, 0.29) is 6.04 Å². The molecule has 0 bridgehead atoms. The van der Waals surface area contributed by atoms with Gasteiger partial charge in [0.2, 0.25) is 5.91 Å². The Morgan fingerprint density at radius 3 is 2.27 bits per heavy atom. The Balaban J connectivity index is 1.39. The Morgan fingerprint density at radius 1 is 1.00 bits per heavy atom. The predicted molar refractivity (Wildman–Crippen MR) is 102 cm³/mol. The van der Waals surface area contributed by atoms with E-state index in [1.807, 2.05) is 18.2 Å².